The van der Waals surface area contributed by atoms with Gasteiger partial charge in [-0.1, -0.05) is 86.5 Å². The number of aliphatic hydroxyl groups is 1. The molecule has 3 unspecified atom stereocenters. The van der Waals surface area contributed by atoms with E-state index >= 15 is 0 Å². The lowest BCUT2D eigenvalue weighted by molar-refractivity contribution is -0.123. The highest BCUT2D eigenvalue weighted by Gasteiger charge is 2.18. The summed E-state index contributed by atoms with van der Waals surface area (Å²) in [6.45, 7) is 9.04. The predicted octanol–water partition coefficient (Wildman–Crippen LogP) is 7.99. The van der Waals surface area contributed by atoms with Gasteiger partial charge in [0.1, 0.15) is 18.3 Å². The van der Waals surface area contributed by atoms with E-state index in [2.05, 4.69) is 16.6 Å². The molecular formula is C39H70N4O7S2. The second-order valence-electron chi connectivity index (χ2n) is 12.8. The molecule has 0 saturated heterocycles. The summed E-state index contributed by atoms with van der Waals surface area (Å²) in [5.74, 6) is 4.36. The quantitative estimate of drug-likeness (QED) is 0.0221. The van der Waals surface area contributed by atoms with Crippen LogP contribution in [0, 0.1) is 0 Å². The maximum Gasteiger partial charge on any atom is 0.104 e. The highest BCUT2D eigenvalue weighted by molar-refractivity contribution is 7.99. The Morgan fingerprint density at radius 1 is 0.692 bits per heavy atom. The van der Waals surface area contributed by atoms with E-state index in [4.69, 9.17) is 39.7 Å². The van der Waals surface area contributed by atoms with Crippen molar-refractivity contribution in [2.75, 3.05) is 95.6 Å². The summed E-state index contributed by atoms with van der Waals surface area (Å²) < 4.78 is 35.7. The molecule has 11 nitrogen and oxygen atoms in total. The first kappa shape index (κ1) is 48.7. The molecular weight excluding hydrogens is 701 g/mol. The van der Waals surface area contributed by atoms with E-state index < -0.39 is 6.10 Å². The van der Waals surface area contributed by atoms with Crippen LogP contribution < -0.4 is 5.73 Å². The normalized spacial score (nSPS) is 13.1. The zero-order valence-corrected chi connectivity index (χ0v) is 33.5. The number of thioether (sulfide) groups is 2. The van der Waals surface area contributed by atoms with E-state index in [9.17, 15) is 5.11 Å². The van der Waals surface area contributed by atoms with Gasteiger partial charge in [0.05, 0.1) is 52.9 Å². The Morgan fingerprint density at radius 3 is 1.92 bits per heavy atom. The lowest BCUT2D eigenvalue weighted by atomic mass is 10.1. The van der Waals surface area contributed by atoms with Crippen LogP contribution in [0.5, 0.6) is 0 Å². The van der Waals surface area contributed by atoms with Crippen molar-refractivity contribution in [2.45, 2.75) is 102 Å². The largest absolute Gasteiger partial charge is 0.388 e. The molecule has 1 aromatic carbocycles. The van der Waals surface area contributed by atoms with Gasteiger partial charge in [0, 0.05) is 24.7 Å². The Hall–Kier alpha value is -1.35. The Labute approximate surface area is 323 Å². The molecule has 1 rings (SSSR count). The topological polar surface area (TPSA) is 150 Å². The number of hydrogen-bond donors (Lipinski definition) is 2. The summed E-state index contributed by atoms with van der Waals surface area (Å²) in [7, 11) is 0. The Kier molecular flexibility index (Phi) is 36.8. The van der Waals surface area contributed by atoms with Gasteiger partial charge in [0.2, 0.25) is 0 Å². The van der Waals surface area contributed by atoms with Crippen LogP contribution in [0.2, 0.25) is 0 Å². The van der Waals surface area contributed by atoms with Gasteiger partial charge in [-0.15, -0.1) is 6.58 Å². The van der Waals surface area contributed by atoms with Crippen LogP contribution in [-0.4, -0.2) is 119 Å². The Bertz CT molecular complexity index is 951. The summed E-state index contributed by atoms with van der Waals surface area (Å²) in [6, 6.07) is 10.0. The minimum absolute atomic E-state index is 0.138. The number of ether oxygens (including phenoxy) is 6. The first-order valence-electron chi connectivity index (χ1n) is 19.4. The Morgan fingerprint density at radius 2 is 1.25 bits per heavy atom. The third-order valence-electron chi connectivity index (χ3n) is 7.87. The summed E-state index contributed by atoms with van der Waals surface area (Å²) in [5, 5.41) is 14.1. The zero-order chi connectivity index (χ0) is 37.4. The van der Waals surface area contributed by atoms with Gasteiger partial charge in [0.25, 0.3) is 0 Å². The molecule has 0 saturated carbocycles. The number of nitrogens with zero attached hydrogens (tertiary/aromatic N) is 3. The van der Waals surface area contributed by atoms with Crippen LogP contribution >= 0.6 is 23.5 Å². The molecule has 13 heteroatoms. The van der Waals surface area contributed by atoms with E-state index in [0.717, 1.165) is 61.5 Å². The van der Waals surface area contributed by atoms with Crippen LogP contribution in [0.3, 0.4) is 0 Å². The van der Waals surface area contributed by atoms with Crippen molar-refractivity contribution in [2.24, 2.45) is 10.8 Å². The van der Waals surface area contributed by atoms with Crippen LogP contribution in [0.1, 0.15) is 82.6 Å². The van der Waals surface area contributed by atoms with Gasteiger partial charge in [-0.3, -0.25) is 0 Å². The maximum atomic E-state index is 10.5. The molecule has 0 bridgehead atoms. The van der Waals surface area contributed by atoms with Crippen molar-refractivity contribution in [1.82, 2.24) is 0 Å². The highest BCUT2D eigenvalue weighted by atomic mass is 32.2. The van der Waals surface area contributed by atoms with Crippen LogP contribution in [0.25, 0.3) is 10.4 Å². The van der Waals surface area contributed by atoms with Gasteiger partial charge in [-0.2, -0.15) is 23.5 Å². The second kappa shape index (κ2) is 39.3. The second-order valence-corrected chi connectivity index (χ2v) is 15.2. The molecule has 0 fully saturated rings. The lowest BCUT2D eigenvalue weighted by Crippen LogP contribution is -2.35. The van der Waals surface area contributed by atoms with Crippen molar-refractivity contribution in [3.8, 4) is 0 Å². The van der Waals surface area contributed by atoms with Gasteiger partial charge >= 0.3 is 0 Å². The zero-order valence-electron chi connectivity index (χ0n) is 31.8. The van der Waals surface area contributed by atoms with E-state index in [-0.39, 0.29) is 32.0 Å². The first-order chi connectivity index (χ1) is 25.7. The minimum atomic E-state index is -0.730. The molecule has 0 spiro atoms. The molecule has 0 aliphatic carbocycles. The molecule has 0 amide bonds. The van der Waals surface area contributed by atoms with Crippen molar-refractivity contribution in [3.05, 3.63) is 59.0 Å². The van der Waals surface area contributed by atoms with E-state index in [1.807, 2.05) is 53.9 Å². The number of benzene rings is 1. The van der Waals surface area contributed by atoms with E-state index in [1.54, 1.807) is 6.08 Å². The molecule has 52 heavy (non-hydrogen) atoms. The number of aliphatic hydroxyl groups excluding tert-OH is 1. The highest BCUT2D eigenvalue weighted by Crippen LogP contribution is 2.13. The number of azide groups is 1. The van der Waals surface area contributed by atoms with Gasteiger partial charge in [-0.05, 0) is 72.8 Å². The summed E-state index contributed by atoms with van der Waals surface area (Å²) >= 11 is 3.88. The van der Waals surface area contributed by atoms with E-state index in [1.165, 1.54) is 50.7 Å². The van der Waals surface area contributed by atoms with Crippen LogP contribution in [0.4, 0.5) is 0 Å². The van der Waals surface area contributed by atoms with Crippen molar-refractivity contribution in [1.29, 1.82) is 0 Å². The number of nitrogens with two attached hydrogens (primary N) is 1. The molecule has 0 aliphatic heterocycles. The van der Waals surface area contributed by atoms with E-state index in [0.29, 0.717) is 52.8 Å². The number of unbranched alkanes of at least 4 members (excludes halogenated alkanes) is 8. The standard InChI is InChI=1S/C39H70N4O7S2/c1-2-22-45-32-38(34-48-29-36-18-11-10-12-19-36)50-35-39(49-31-37(44)30-46-23-16-28-52-26-15-20-40)33-47-24-17-27-51-25-14-9-7-5-3-4-6-8-13-21-42-43-41/h2,10-12,18-19,37-39,44H,1,3-9,13-17,20-35,40H2. The SMILES string of the molecule is C=CCOCC(COCc1ccccc1)OCC(COCCCSCCCCCCCCCCCN=[N+]=[N-])OCC(O)COCCCSCCCN. The molecule has 3 atom stereocenters. The Balaban J connectivity index is 2.35. The fourth-order valence-electron chi connectivity index (χ4n) is 5.01. The molecule has 0 aromatic heterocycles. The van der Waals surface area contributed by atoms with Gasteiger partial charge in [0.15, 0.2) is 0 Å². The van der Waals surface area contributed by atoms with Crippen LogP contribution in [0.15, 0.2) is 48.1 Å². The molecule has 0 radical (unpaired) electrons. The molecule has 0 aliphatic rings. The molecule has 300 valence electrons. The van der Waals surface area contributed by atoms with Crippen molar-refractivity contribution >= 4 is 23.5 Å². The van der Waals surface area contributed by atoms with Crippen LogP contribution in [-0.2, 0) is 35.0 Å². The molecule has 3 N–H and O–H groups in total. The van der Waals surface area contributed by atoms with Gasteiger partial charge in [-0.25, -0.2) is 0 Å². The maximum absolute atomic E-state index is 10.5. The lowest BCUT2D eigenvalue weighted by Gasteiger charge is -2.24. The minimum Gasteiger partial charge on any atom is -0.388 e. The fourth-order valence-corrected chi connectivity index (χ4v) is 6.84. The number of rotatable bonds is 41. The summed E-state index contributed by atoms with van der Waals surface area (Å²) in [6.07, 6.45) is 14.5. The third-order valence-corrected chi connectivity index (χ3v) is 10.2. The predicted molar refractivity (Wildman–Crippen MR) is 217 cm³/mol. The third kappa shape index (κ3) is 33.2. The van der Waals surface area contributed by atoms with Gasteiger partial charge < -0.3 is 39.3 Å². The smallest absolute Gasteiger partial charge is 0.104 e. The summed E-state index contributed by atoms with van der Waals surface area (Å²) in [4.78, 5) is 2.80. The number of hydrogen-bond acceptors (Lipinski definition) is 11. The average molecular weight is 771 g/mol. The van der Waals surface area contributed by atoms with Crippen molar-refractivity contribution < 1.29 is 33.5 Å². The van der Waals surface area contributed by atoms with Crippen molar-refractivity contribution in [3.63, 3.8) is 0 Å². The fraction of sp³-hybridized carbons (Fsp3) is 0.795. The first-order valence-corrected chi connectivity index (χ1v) is 21.7. The molecule has 1 aromatic rings. The summed E-state index contributed by atoms with van der Waals surface area (Å²) in [5.41, 5.74) is 15.0. The monoisotopic (exact) mass is 770 g/mol. The molecule has 0 heterocycles. The average Bonchev–Trinajstić information content (AvgIpc) is 3.16.